The normalized spacial score (nSPS) is 27.1. The Bertz CT molecular complexity index is 248. The predicted molar refractivity (Wildman–Crippen MR) is 73.4 cm³/mol. The molecule has 0 aromatic rings. The minimum atomic E-state index is -0.465. The first-order valence-corrected chi connectivity index (χ1v) is 7.20. The first-order chi connectivity index (χ1) is 8.59. The van der Waals surface area contributed by atoms with Crippen molar-refractivity contribution in [1.29, 1.82) is 0 Å². The van der Waals surface area contributed by atoms with Crippen molar-refractivity contribution in [2.45, 2.75) is 77.3 Å². The van der Waals surface area contributed by atoms with Gasteiger partial charge in [0.1, 0.15) is 0 Å². The molecular weight excluding hydrogens is 228 g/mol. The molecule has 2 atom stereocenters. The van der Waals surface area contributed by atoms with Gasteiger partial charge in [0.15, 0.2) is 5.79 Å². The molecule has 0 radical (unpaired) electrons. The van der Waals surface area contributed by atoms with Crippen molar-refractivity contribution in [3.8, 4) is 0 Å². The molecular formula is C15H28O3. The molecule has 0 aromatic heterocycles. The molecule has 18 heavy (non-hydrogen) atoms. The molecule has 1 aliphatic heterocycles. The fourth-order valence-electron chi connectivity index (χ4n) is 2.43. The van der Waals surface area contributed by atoms with Gasteiger partial charge in [-0.3, -0.25) is 0 Å². The highest BCUT2D eigenvalue weighted by Crippen LogP contribution is 2.32. The number of hydrogen-bond donors (Lipinski definition) is 1. The average Bonchev–Trinajstić information content (AvgIpc) is 2.60. The summed E-state index contributed by atoms with van der Waals surface area (Å²) in [6.07, 6.45) is 11.0. The van der Waals surface area contributed by atoms with E-state index in [1.54, 1.807) is 6.08 Å². The summed E-state index contributed by atoms with van der Waals surface area (Å²) in [6, 6.07) is 0. The maximum Gasteiger partial charge on any atom is 0.163 e. The Kier molecular flexibility index (Phi) is 6.90. The fourth-order valence-corrected chi connectivity index (χ4v) is 2.43. The molecule has 0 bridgehead atoms. The zero-order valence-corrected chi connectivity index (χ0v) is 12.0. The minimum absolute atomic E-state index is 0.0954. The van der Waals surface area contributed by atoms with Gasteiger partial charge in [0.2, 0.25) is 0 Å². The van der Waals surface area contributed by atoms with Crippen LogP contribution in [0.3, 0.4) is 0 Å². The Morgan fingerprint density at radius 3 is 2.44 bits per heavy atom. The predicted octanol–water partition coefficient (Wildman–Crippen LogP) is 3.42. The summed E-state index contributed by atoms with van der Waals surface area (Å²) in [5.41, 5.74) is 0. The van der Waals surface area contributed by atoms with Crippen LogP contribution in [0.4, 0.5) is 0 Å². The Labute approximate surface area is 111 Å². The van der Waals surface area contributed by atoms with Crippen LogP contribution >= 0.6 is 0 Å². The molecule has 1 fully saturated rings. The topological polar surface area (TPSA) is 38.7 Å². The van der Waals surface area contributed by atoms with E-state index in [1.807, 2.05) is 19.9 Å². The van der Waals surface area contributed by atoms with Crippen LogP contribution in [0, 0.1) is 0 Å². The SMILES string of the molecule is CCCCCC[C@H]1OC(C)(C)O[C@@H]1C/C=C/CO. The highest BCUT2D eigenvalue weighted by molar-refractivity contribution is 4.90. The molecule has 1 rings (SSSR count). The van der Waals surface area contributed by atoms with Crippen LogP contribution in [-0.2, 0) is 9.47 Å². The second-order valence-electron chi connectivity index (χ2n) is 5.45. The lowest BCUT2D eigenvalue weighted by molar-refractivity contribution is -0.146. The molecule has 0 unspecified atom stereocenters. The van der Waals surface area contributed by atoms with Gasteiger partial charge in [-0.2, -0.15) is 0 Å². The van der Waals surface area contributed by atoms with E-state index in [0.29, 0.717) is 0 Å². The third kappa shape index (κ3) is 5.51. The minimum Gasteiger partial charge on any atom is -0.392 e. The van der Waals surface area contributed by atoms with Crippen molar-refractivity contribution >= 4 is 0 Å². The molecule has 0 spiro atoms. The molecule has 1 aliphatic rings. The van der Waals surface area contributed by atoms with Crippen LogP contribution in [0.2, 0.25) is 0 Å². The molecule has 3 nitrogen and oxygen atoms in total. The third-order valence-corrected chi connectivity index (χ3v) is 3.27. The van der Waals surface area contributed by atoms with Gasteiger partial charge >= 0.3 is 0 Å². The Morgan fingerprint density at radius 1 is 1.06 bits per heavy atom. The highest BCUT2D eigenvalue weighted by Gasteiger charge is 2.39. The molecule has 0 saturated carbocycles. The standard InChI is InChI=1S/C15H28O3/c1-4-5-6-7-10-13-14(11-8-9-12-16)18-15(2,3)17-13/h8-9,13-14,16H,4-7,10-12H2,1-3H3/b9-8+/t13-,14-/m1/s1. The second kappa shape index (κ2) is 7.93. The van der Waals surface area contributed by atoms with Crippen molar-refractivity contribution in [3.63, 3.8) is 0 Å². The molecule has 1 saturated heterocycles. The van der Waals surface area contributed by atoms with Gasteiger partial charge in [-0.05, 0) is 26.7 Å². The van der Waals surface area contributed by atoms with E-state index in [4.69, 9.17) is 14.6 Å². The smallest absolute Gasteiger partial charge is 0.163 e. The van der Waals surface area contributed by atoms with Gasteiger partial charge in [-0.25, -0.2) is 0 Å². The van der Waals surface area contributed by atoms with Crippen molar-refractivity contribution in [2.75, 3.05) is 6.61 Å². The van der Waals surface area contributed by atoms with Crippen LogP contribution in [-0.4, -0.2) is 29.7 Å². The van der Waals surface area contributed by atoms with Crippen molar-refractivity contribution in [1.82, 2.24) is 0 Å². The Balaban J connectivity index is 2.38. The van der Waals surface area contributed by atoms with Crippen LogP contribution in [0.15, 0.2) is 12.2 Å². The zero-order chi connectivity index (χ0) is 13.4. The Morgan fingerprint density at radius 2 is 1.78 bits per heavy atom. The molecule has 1 N–H and O–H groups in total. The van der Waals surface area contributed by atoms with Crippen LogP contribution < -0.4 is 0 Å². The van der Waals surface area contributed by atoms with Crippen LogP contribution in [0.5, 0.6) is 0 Å². The second-order valence-corrected chi connectivity index (χ2v) is 5.45. The number of rotatable bonds is 8. The molecule has 3 heteroatoms. The highest BCUT2D eigenvalue weighted by atomic mass is 16.7. The molecule has 0 aromatic carbocycles. The van der Waals surface area contributed by atoms with E-state index >= 15 is 0 Å². The molecule has 0 aliphatic carbocycles. The van der Waals surface area contributed by atoms with Gasteiger partial charge in [0.05, 0.1) is 18.8 Å². The maximum atomic E-state index is 8.75. The van der Waals surface area contributed by atoms with Gasteiger partial charge in [0.25, 0.3) is 0 Å². The summed E-state index contributed by atoms with van der Waals surface area (Å²) in [5.74, 6) is -0.465. The molecule has 106 valence electrons. The summed E-state index contributed by atoms with van der Waals surface area (Å²) in [5, 5.41) is 8.75. The van der Waals surface area contributed by atoms with E-state index in [9.17, 15) is 0 Å². The monoisotopic (exact) mass is 256 g/mol. The van der Waals surface area contributed by atoms with E-state index in [2.05, 4.69) is 6.92 Å². The van der Waals surface area contributed by atoms with Gasteiger partial charge in [0, 0.05) is 0 Å². The molecule has 1 heterocycles. The van der Waals surface area contributed by atoms with E-state index in [-0.39, 0.29) is 18.8 Å². The number of aliphatic hydroxyl groups excluding tert-OH is 1. The summed E-state index contributed by atoms with van der Waals surface area (Å²) in [4.78, 5) is 0. The number of unbranched alkanes of at least 4 members (excludes halogenated alkanes) is 3. The first-order valence-electron chi connectivity index (χ1n) is 7.20. The maximum absolute atomic E-state index is 8.75. The van der Waals surface area contributed by atoms with Gasteiger partial charge in [-0.1, -0.05) is 44.8 Å². The van der Waals surface area contributed by atoms with Gasteiger partial charge < -0.3 is 14.6 Å². The van der Waals surface area contributed by atoms with E-state index in [1.165, 1.54) is 25.7 Å². The summed E-state index contributed by atoms with van der Waals surface area (Å²) in [6.45, 7) is 6.27. The quantitative estimate of drug-likeness (QED) is 0.534. The van der Waals surface area contributed by atoms with E-state index in [0.717, 1.165) is 12.8 Å². The average molecular weight is 256 g/mol. The summed E-state index contributed by atoms with van der Waals surface area (Å²) >= 11 is 0. The summed E-state index contributed by atoms with van der Waals surface area (Å²) < 4.78 is 11.9. The number of hydrogen-bond acceptors (Lipinski definition) is 3. The fraction of sp³-hybridized carbons (Fsp3) is 0.867. The third-order valence-electron chi connectivity index (χ3n) is 3.27. The summed E-state index contributed by atoms with van der Waals surface area (Å²) in [7, 11) is 0. The lowest BCUT2D eigenvalue weighted by Crippen LogP contribution is -2.21. The lowest BCUT2D eigenvalue weighted by atomic mass is 10.0. The Hall–Kier alpha value is -0.380. The van der Waals surface area contributed by atoms with Crippen molar-refractivity contribution in [3.05, 3.63) is 12.2 Å². The van der Waals surface area contributed by atoms with Crippen LogP contribution in [0.1, 0.15) is 59.3 Å². The number of ether oxygens (including phenoxy) is 2. The number of aliphatic hydroxyl groups is 1. The zero-order valence-electron chi connectivity index (χ0n) is 12.0. The van der Waals surface area contributed by atoms with Crippen molar-refractivity contribution in [2.24, 2.45) is 0 Å². The van der Waals surface area contributed by atoms with Crippen molar-refractivity contribution < 1.29 is 14.6 Å². The van der Waals surface area contributed by atoms with E-state index < -0.39 is 5.79 Å². The first kappa shape index (κ1) is 15.7. The largest absolute Gasteiger partial charge is 0.392 e. The lowest BCUT2D eigenvalue weighted by Gasteiger charge is -2.16. The van der Waals surface area contributed by atoms with Gasteiger partial charge in [-0.15, -0.1) is 0 Å². The van der Waals surface area contributed by atoms with Crippen LogP contribution in [0.25, 0.3) is 0 Å². The molecule has 0 amide bonds.